The minimum Gasteiger partial charge on any atom is -0.508 e. The molecule has 59 heavy (non-hydrogen) atoms. The summed E-state index contributed by atoms with van der Waals surface area (Å²) in [7, 11) is 0. The Bertz CT molecular complexity index is 2010. The SMILES string of the molecule is C[C@@H](NC(=O)[C@@H]1Cc2cc(O)ccc2CN1)C(=O)N[C@@H](Cc1ccccc1)C(=O)NCC(=O)N[C@@H](Cc1ccc(O)cc1)C(=O)N1CCC[C@H]1C(=O)N[C@@H](CO)C(N)=O. The van der Waals surface area contributed by atoms with Crippen molar-refractivity contribution in [2.24, 2.45) is 5.73 Å². The second-order valence-corrected chi connectivity index (χ2v) is 14.6. The van der Waals surface area contributed by atoms with Crippen LogP contribution in [0, 0.1) is 0 Å². The molecule has 2 heterocycles. The van der Waals surface area contributed by atoms with Crippen molar-refractivity contribution in [1.82, 2.24) is 36.8 Å². The molecule has 1 saturated heterocycles. The minimum absolute atomic E-state index is 0.0178. The molecule has 11 N–H and O–H groups in total. The summed E-state index contributed by atoms with van der Waals surface area (Å²) < 4.78 is 0. The third-order valence-corrected chi connectivity index (χ3v) is 10.3. The number of benzene rings is 3. The molecule has 0 saturated carbocycles. The van der Waals surface area contributed by atoms with Gasteiger partial charge in [0.25, 0.3) is 0 Å². The molecule has 18 nitrogen and oxygen atoms in total. The lowest BCUT2D eigenvalue weighted by molar-refractivity contribution is -0.142. The Morgan fingerprint density at radius 3 is 2.15 bits per heavy atom. The van der Waals surface area contributed by atoms with Crippen molar-refractivity contribution < 1.29 is 48.9 Å². The number of nitrogens with zero attached hydrogens (tertiary/aromatic N) is 1. The van der Waals surface area contributed by atoms with Gasteiger partial charge in [0.2, 0.25) is 41.4 Å². The second kappa shape index (κ2) is 20.2. The number of hydrogen-bond acceptors (Lipinski definition) is 11. The van der Waals surface area contributed by atoms with Gasteiger partial charge in [-0.3, -0.25) is 33.6 Å². The van der Waals surface area contributed by atoms with Crippen molar-refractivity contribution in [2.75, 3.05) is 19.7 Å². The van der Waals surface area contributed by atoms with E-state index in [9.17, 15) is 48.9 Å². The van der Waals surface area contributed by atoms with E-state index in [-0.39, 0.29) is 37.3 Å². The van der Waals surface area contributed by atoms with E-state index in [1.807, 2.05) is 0 Å². The molecule has 0 aromatic heterocycles. The number of nitrogens with one attached hydrogen (secondary N) is 6. The van der Waals surface area contributed by atoms with Crippen LogP contribution in [0.25, 0.3) is 0 Å². The van der Waals surface area contributed by atoms with Crippen LogP contribution in [0.15, 0.2) is 72.8 Å². The van der Waals surface area contributed by atoms with Crippen LogP contribution in [0.4, 0.5) is 0 Å². The number of aliphatic hydroxyl groups excluding tert-OH is 1. The zero-order valence-corrected chi connectivity index (χ0v) is 32.5. The Kier molecular flexibility index (Phi) is 15.0. The number of primary amides is 1. The molecule has 3 aromatic carbocycles. The van der Waals surface area contributed by atoms with Gasteiger partial charge in [-0.15, -0.1) is 0 Å². The molecule has 5 rings (SSSR count). The topological polar surface area (TPSA) is 282 Å². The minimum atomic E-state index is -1.36. The van der Waals surface area contributed by atoms with Crippen LogP contribution in [0.5, 0.6) is 11.5 Å². The first kappa shape index (κ1) is 43.6. The highest BCUT2D eigenvalue weighted by molar-refractivity contribution is 5.96. The summed E-state index contributed by atoms with van der Waals surface area (Å²) in [5, 5.41) is 45.2. The highest BCUT2D eigenvalue weighted by Gasteiger charge is 2.39. The molecule has 0 aliphatic carbocycles. The monoisotopic (exact) mass is 814 g/mol. The summed E-state index contributed by atoms with van der Waals surface area (Å²) >= 11 is 0. The maximum Gasteiger partial charge on any atom is 0.246 e. The lowest BCUT2D eigenvalue weighted by Crippen LogP contribution is -2.58. The molecule has 2 aliphatic heterocycles. The third kappa shape index (κ3) is 12.0. The van der Waals surface area contributed by atoms with Gasteiger partial charge in [-0.1, -0.05) is 48.5 Å². The normalized spacial score (nSPS) is 17.9. The van der Waals surface area contributed by atoms with Crippen molar-refractivity contribution in [2.45, 2.75) is 81.8 Å². The summed E-state index contributed by atoms with van der Waals surface area (Å²) in [4.78, 5) is 93.6. The first-order valence-electron chi connectivity index (χ1n) is 19.3. The van der Waals surface area contributed by atoms with Gasteiger partial charge in [0.05, 0.1) is 19.2 Å². The number of rotatable bonds is 17. The first-order valence-corrected chi connectivity index (χ1v) is 19.3. The van der Waals surface area contributed by atoms with Crippen LogP contribution in [0.1, 0.15) is 42.0 Å². The third-order valence-electron chi connectivity index (χ3n) is 10.3. The van der Waals surface area contributed by atoms with Crippen molar-refractivity contribution in [3.05, 3.63) is 95.1 Å². The van der Waals surface area contributed by atoms with Gasteiger partial charge < -0.3 is 57.9 Å². The Balaban J connectivity index is 1.23. The van der Waals surface area contributed by atoms with E-state index >= 15 is 0 Å². The van der Waals surface area contributed by atoms with Crippen LogP contribution in [-0.2, 0) is 59.4 Å². The van der Waals surface area contributed by atoms with Gasteiger partial charge in [-0.25, -0.2) is 0 Å². The largest absolute Gasteiger partial charge is 0.508 e. The fraction of sp³-hybridized carbons (Fsp3) is 0.390. The van der Waals surface area contributed by atoms with Crippen molar-refractivity contribution in [1.29, 1.82) is 0 Å². The standard InChI is InChI=1S/C41H50N8O10/c1-23(45-39(57)30-19-27-18-29(52)14-11-26(27)20-43-30)37(55)47-31(16-24-6-3-2-4-7-24)38(56)44-21-35(53)46-32(17-25-9-12-28(51)13-10-25)41(59)49-15-5-8-34(49)40(58)48-33(22-50)36(42)54/h2-4,6-7,9-14,18,23,30-34,43,50-52H,5,8,15-17,19-22H2,1H3,(H2,42,54)(H,44,56)(H,45,57)(H,46,53)(H,47,55)(H,48,58)/t23-,30+,31+,32+,33+,34+/m1/s1. The van der Waals surface area contributed by atoms with E-state index in [1.165, 1.54) is 24.0 Å². The lowest BCUT2D eigenvalue weighted by Gasteiger charge is -2.29. The number of nitrogens with two attached hydrogens (primary N) is 1. The number of phenolic OH excluding ortho intramolecular Hbond substituents is 2. The number of hydrogen-bond donors (Lipinski definition) is 10. The second-order valence-electron chi connectivity index (χ2n) is 14.6. The average Bonchev–Trinajstić information content (AvgIpc) is 3.72. The molecule has 314 valence electrons. The number of amides is 7. The van der Waals surface area contributed by atoms with Crippen molar-refractivity contribution in [3.63, 3.8) is 0 Å². The van der Waals surface area contributed by atoms with Crippen molar-refractivity contribution in [3.8, 4) is 11.5 Å². The molecule has 0 radical (unpaired) electrons. The summed E-state index contributed by atoms with van der Waals surface area (Å²) in [6, 6.07) is 13.2. The predicted octanol–water partition coefficient (Wildman–Crippen LogP) is -1.86. The number of carbonyl (C=O) groups is 7. The molecule has 18 heteroatoms. The van der Waals surface area contributed by atoms with E-state index in [0.29, 0.717) is 30.5 Å². The molecule has 0 unspecified atom stereocenters. The number of fused-ring (bicyclic) bond motifs is 1. The van der Waals surface area contributed by atoms with Gasteiger partial charge in [0.15, 0.2) is 0 Å². The number of aromatic hydroxyl groups is 2. The molecule has 3 aromatic rings. The van der Waals surface area contributed by atoms with E-state index in [2.05, 4.69) is 31.9 Å². The summed E-state index contributed by atoms with van der Waals surface area (Å²) in [5.41, 5.74) is 8.28. The van der Waals surface area contributed by atoms with Gasteiger partial charge in [-0.2, -0.15) is 0 Å². The lowest BCUT2D eigenvalue weighted by atomic mass is 9.95. The molecular formula is C41H50N8O10. The highest BCUT2D eigenvalue weighted by Crippen LogP contribution is 2.23. The maximum atomic E-state index is 14.0. The Morgan fingerprint density at radius 2 is 1.46 bits per heavy atom. The van der Waals surface area contributed by atoms with Gasteiger partial charge in [0, 0.05) is 25.9 Å². The van der Waals surface area contributed by atoms with Crippen LogP contribution in [0.3, 0.4) is 0 Å². The molecule has 6 atom stereocenters. The molecule has 2 aliphatic rings. The van der Waals surface area contributed by atoms with E-state index < -0.39 is 90.8 Å². The summed E-state index contributed by atoms with van der Waals surface area (Å²) in [6.07, 6.45) is 0.972. The predicted molar refractivity (Wildman–Crippen MR) is 212 cm³/mol. The van der Waals surface area contributed by atoms with Crippen molar-refractivity contribution >= 4 is 41.4 Å². The zero-order chi connectivity index (χ0) is 42.6. The fourth-order valence-electron chi connectivity index (χ4n) is 7.00. The van der Waals surface area contributed by atoms with E-state index in [1.54, 1.807) is 60.7 Å². The zero-order valence-electron chi connectivity index (χ0n) is 32.5. The first-order chi connectivity index (χ1) is 28.2. The number of carbonyl (C=O) groups excluding carboxylic acids is 7. The van der Waals surface area contributed by atoms with Crippen LogP contribution >= 0.6 is 0 Å². The smallest absolute Gasteiger partial charge is 0.246 e. The average molecular weight is 815 g/mol. The van der Waals surface area contributed by atoms with E-state index in [0.717, 1.165) is 11.1 Å². The summed E-state index contributed by atoms with van der Waals surface area (Å²) in [6.45, 7) is 0.693. The Hall–Kier alpha value is -6.53. The fourth-order valence-corrected chi connectivity index (χ4v) is 7.00. The maximum absolute atomic E-state index is 14.0. The Labute approximate surface area is 340 Å². The van der Waals surface area contributed by atoms with Gasteiger partial charge >= 0.3 is 0 Å². The van der Waals surface area contributed by atoms with Crippen LogP contribution in [0.2, 0.25) is 0 Å². The van der Waals surface area contributed by atoms with Crippen LogP contribution in [-0.4, -0.2) is 118 Å². The molecule has 0 bridgehead atoms. The van der Waals surface area contributed by atoms with Crippen LogP contribution < -0.4 is 37.6 Å². The van der Waals surface area contributed by atoms with Gasteiger partial charge in [-0.05, 0) is 72.7 Å². The Morgan fingerprint density at radius 1 is 0.780 bits per heavy atom. The summed E-state index contributed by atoms with van der Waals surface area (Å²) in [5.74, 6) is -4.78. The number of phenols is 2. The number of likely N-dealkylation sites (tertiary alicyclic amines) is 1. The highest BCUT2D eigenvalue weighted by atomic mass is 16.3. The molecule has 7 amide bonds. The molecule has 1 fully saturated rings. The molecule has 0 spiro atoms. The molecular weight excluding hydrogens is 764 g/mol. The number of aliphatic hydroxyl groups is 1. The van der Waals surface area contributed by atoms with E-state index in [4.69, 9.17) is 5.73 Å². The van der Waals surface area contributed by atoms with Gasteiger partial charge in [0.1, 0.15) is 41.7 Å². The quantitative estimate of drug-likeness (QED) is 0.0722.